The van der Waals surface area contributed by atoms with E-state index >= 15 is 0 Å². The standard InChI is InChI=1S/C14H9FO4/c15-12-6-5-8(13(16)17)7-11(12)9-3-1-2-4-10(9)14(18)19/h1-7H,(H,16,17)(H,18,19). The van der Waals surface area contributed by atoms with Crippen LogP contribution in [0.1, 0.15) is 20.7 Å². The Balaban J connectivity index is 2.68. The summed E-state index contributed by atoms with van der Waals surface area (Å²) < 4.78 is 13.8. The van der Waals surface area contributed by atoms with Crippen LogP contribution in [0.5, 0.6) is 0 Å². The Morgan fingerprint density at radius 2 is 1.58 bits per heavy atom. The summed E-state index contributed by atoms with van der Waals surface area (Å²) >= 11 is 0. The van der Waals surface area contributed by atoms with Gasteiger partial charge in [-0.25, -0.2) is 14.0 Å². The van der Waals surface area contributed by atoms with E-state index < -0.39 is 17.8 Å². The van der Waals surface area contributed by atoms with Crippen LogP contribution in [0.25, 0.3) is 11.1 Å². The van der Waals surface area contributed by atoms with Crippen molar-refractivity contribution in [2.24, 2.45) is 0 Å². The number of hydrogen-bond donors (Lipinski definition) is 2. The fourth-order valence-electron chi connectivity index (χ4n) is 1.77. The van der Waals surface area contributed by atoms with Gasteiger partial charge in [0.1, 0.15) is 5.82 Å². The number of carboxylic acids is 2. The van der Waals surface area contributed by atoms with E-state index in [1.807, 2.05) is 0 Å². The second-order valence-electron chi connectivity index (χ2n) is 3.85. The Hall–Kier alpha value is -2.69. The molecule has 5 heteroatoms. The van der Waals surface area contributed by atoms with E-state index in [2.05, 4.69) is 0 Å². The van der Waals surface area contributed by atoms with Crippen LogP contribution in [0.3, 0.4) is 0 Å². The molecule has 0 fully saturated rings. The van der Waals surface area contributed by atoms with Crippen molar-refractivity contribution < 1.29 is 24.2 Å². The third kappa shape index (κ3) is 2.44. The number of halogens is 1. The summed E-state index contributed by atoms with van der Waals surface area (Å²) in [6, 6.07) is 9.13. The van der Waals surface area contributed by atoms with Crippen LogP contribution in [-0.2, 0) is 0 Å². The molecule has 2 aromatic carbocycles. The molecule has 2 aromatic rings. The molecule has 19 heavy (non-hydrogen) atoms. The quantitative estimate of drug-likeness (QED) is 0.889. The predicted molar refractivity (Wildman–Crippen MR) is 65.8 cm³/mol. The molecular formula is C14H9FO4. The van der Waals surface area contributed by atoms with Crippen molar-refractivity contribution in [2.75, 3.05) is 0 Å². The van der Waals surface area contributed by atoms with Crippen LogP contribution >= 0.6 is 0 Å². The van der Waals surface area contributed by atoms with E-state index in [4.69, 9.17) is 10.2 Å². The zero-order valence-electron chi connectivity index (χ0n) is 9.63. The van der Waals surface area contributed by atoms with E-state index in [-0.39, 0.29) is 22.3 Å². The van der Waals surface area contributed by atoms with E-state index in [9.17, 15) is 14.0 Å². The van der Waals surface area contributed by atoms with E-state index in [1.165, 1.54) is 18.2 Å². The number of carbonyl (C=O) groups is 2. The van der Waals surface area contributed by atoms with Crippen molar-refractivity contribution >= 4 is 11.9 Å². The number of benzene rings is 2. The molecule has 0 radical (unpaired) electrons. The van der Waals surface area contributed by atoms with E-state index in [0.717, 1.165) is 18.2 Å². The van der Waals surface area contributed by atoms with E-state index in [1.54, 1.807) is 6.07 Å². The van der Waals surface area contributed by atoms with Crippen LogP contribution in [-0.4, -0.2) is 22.2 Å². The van der Waals surface area contributed by atoms with Gasteiger partial charge < -0.3 is 10.2 Å². The summed E-state index contributed by atoms with van der Waals surface area (Å²) in [5.41, 5.74) is -0.0750. The van der Waals surface area contributed by atoms with Crippen molar-refractivity contribution in [1.29, 1.82) is 0 Å². The predicted octanol–water partition coefficient (Wildman–Crippen LogP) is 2.89. The van der Waals surface area contributed by atoms with Gasteiger partial charge in [0.05, 0.1) is 11.1 Å². The molecule has 0 aliphatic rings. The summed E-state index contributed by atoms with van der Waals surface area (Å²) in [6.45, 7) is 0. The molecule has 0 saturated heterocycles. The molecular weight excluding hydrogens is 251 g/mol. The Morgan fingerprint density at radius 1 is 0.895 bits per heavy atom. The molecule has 0 saturated carbocycles. The number of aromatic carboxylic acids is 2. The summed E-state index contributed by atoms with van der Waals surface area (Å²) in [5.74, 6) is -3.07. The van der Waals surface area contributed by atoms with Gasteiger partial charge in [0.25, 0.3) is 0 Å². The van der Waals surface area contributed by atoms with Crippen molar-refractivity contribution in [3.8, 4) is 11.1 Å². The molecule has 0 atom stereocenters. The van der Waals surface area contributed by atoms with Gasteiger partial charge in [-0.05, 0) is 29.8 Å². The van der Waals surface area contributed by atoms with Crippen LogP contribution in [0.2, 0.25) is 0 Å². The topological polar surface area (TPSA) is 74.6 Å². The Morgan fingerprint density at radius 3 is 2.21 bits per heavy atom. The highest BCUT2D eigenvalue weighted by Crippen LogP contribution is 2.27. The highest BCUT2D eigenvalue weighted by Gasteiger charge is 2.16. The zero-order chi connectivity index (χ0) is 14.0. The maximum Gasteiger partial charge on any atom is 0.336 e. The molecule has 0 aliphatic carbocycles. The van der Waals surface area contributed by atoms with Gasteiger partial charge in [0, 0.05) is 5.56 Å². The molecule has 96 valence electrons. The Kier molecular flexibility index (Phi) is 3.29. The smallest absolute Gasteiger partial charge is 0.336 e. The minimum absolute atomic E-state index is 0.0436. The van der Waals surface area contributed by atoms with Crippen LogP contribution < -0.4 is 0 Å². The lowest BCUT2D eigenvalue weighted by Crippen LogP contribution is -2.02. The van der Waals surface area contributed by atoms with Crippen molar-refractivity contribution in [1.82, 2.24) is 0 Å². The lowest BCUT2D eigenvalue weighted by atomic mass is 9.97. The molecule has 4 nitrogen and oxygen atoms in total. The second kappa shape index (κ2) is 4.89. The lowest BCUT2D eigenvalue weighted by molar-refractivity contribution is 0.0687. The van der Waals surface area contributed by atoms with Crippen LogP contribution in [0, 0.1) is 5.82 Å². The Bertz CT molecular complexity index is 664. The summed E-state index contributed by atoms with van der Waals surface area (Å²) in [7, 11) is 0. The van der Waals surface area contributed by atoms with Gasteiger partial charge in [0.2, 0.25) is 0 Å². The summed E-state index contributed by atoms with van der Waals surface area (Å²) in [6.07, 6.45) is 0. The molecule has 2 rings (SSSR count). The Labute approximate surface area is 107 Å². The maximum absolute atomic E-state index is 13.8. The maximum atomic E-state index is 13.8. The van der Waals surface area contributed by atoms with Crippen molar-refractivity contribution in [3.05, 3.63) is 59.4 Å². The molecule has 2 N–H and O–H groups in total. The number of hydrogen-bond acceptors (Lipinski definition) is 2. The van der Waals surface area contributed by atoms with Gasteiger partial charge >= 0.3 is 11.9 Å². The summed E-state index contributed by atoms with van der Waals surface area (Å²) in [4.78, 5) is 22.0. The first kappa shape index (κ1) is 12.8. The van der Waals surface area contributed by atoms with Crippen LogP contribution in [0.4, 0.5) is 4.39 Å². The molecule has 0 amide bonds. The highest BCUT2D eigenvalue weighted by molar-refractivity contribution is 5.97. The molecule has 0 aliphatic heterocycles. The van der Waals surface area contributed by atoms with Gasteiger partial charge in [0.15, 0.2) is 0 Å². The third-order valence-electron chi connectivity index (χ3n) is 2.66. The fourth-order valence-corrected chi connectivity index (χ4v) is 1.77. The van der Waals surface area contributed by atoms with Gasteiger partial charge in [-0.15, -0.1) is 0 Å². The van der Waals surface area contributed by atoms with Crippen molar-refractivity contribution in [2.45, 2.75) is 0 Å². The largest absolute Gasteiger partial charge is 0.478 e. The highest BCUT2D eigenvalue weighted by atomic mass is 19.1. The fraction of sp³-hybridized carbons (Fsp3) is 0. The zero-order valence-corrected chi connectivity index (χ0v) is 9.63. The molecule has 0 heterocycles. The van der Waals surface area contributed by atoms with Gasteiger partial charge in [-0.1, -0.05) is 18.2 Å². The normalized spacial score (nSPS) is 10.2. The minimum atomic E-state index is -1.20. The molecule has 0 bridgehead atoms. The second-order valence-corrected chi connectivity index (χ2v) is 3.85. The average Bonchev–Trinajstić information content (AvgIpc) is 2.39. The van der Waals surface area contributed by atoms with Gasteiger partial charge in [-0.3, -0.25) is 0 Å². The molecule has 0 aromatic heterocycles. The third-order valence-corrected chi connectivity index (χ3v) is 2.66. The SMILES string of the molecule is O=C(O)c1ccc(F)c(-c2ccccc2C(=O)O)c1. The molecule has 0 unspecified atom stereocenters. The number of carboxylic acid groups (broad SMARTS) is 2. The van der Waals surface area contributed by atoms with Gasteiger partial charge in [-0.2, -0.15) is 0 Å². The molecule has 0 spiro atoms. The average molecular weight is 260 g/mol. The van der Waals surface area contributed by atoms with E-state index in [0.29, 0.717) is 0 Å². The minimum Gasteiger partial charge on any atom is -0.478 e. The lowest BCUT2D eigenvalue weighted by Gasteiger charge is -2.08. The first-order valence-electron chi connectivity index (χ1n) is 5.36. The first-order chi connectivity index (χ1) is 9.00. The first-order valence-corrected chi connectivity index (χ1v) is 5.36. The summed E-state index contributed by atoms with van der Waals surface area (Å²) in [5, 5.41) is 17.9. The monoisotopic (exact) mass is 260 g/mol. The van der Waals surface area contributed by atoms with Crippen molar-refractivity contribution in [3.63, 3.8) is 0 Å². The van der Waals surface area contributed by atoms with Crippen LogP contribution in [0.15, 0.2) is 42.5 Å². The number of rotatable bonds is 3.